The smallest absolute Gasteiger partial charge is 0.407 e. The Morgan fingerprint density at radius 1 is 0.778 bits per heavy atom. The Labute approximate surface area is 475 Å². The van der Waals surface area contributed by atoms with Crippen molar-refractivity contribution in [1.82, 2.24) is 35.8 Å². The van der Waals surface area contributed by atoms with E-state index in [0.717, 1.165) is 41.3 Å². The molecule has 8 atom stereocenters. The second-order valence-corrected chi connectivity index (χ2v) is 23.6. The van der Waals surface area contributed by atoms with E-state index in [4.69, 9.17) is 24.1 Å². The third-order valence-electron chi connectivity index (χ3n) is 15.7. The van der Waals surface area contributed by atoms with Gasteiger partial charge in [0.25, 0.3) is 0 Å². The molecule has 0 saturated carbocycles. The lowest BCUT2D eigenvalue weighted by atomic mass is 9.98. The van der Waals surface area contributed by atoms with Crippen molar-refractivity contribution in [2.75, 3.05) is 59.7 Å². The summed E-state index contributed by atoms with van der Waals surface area (Å²) in [6.07, 6.45) is 1.19. The highest BCUT2D eigenvalue weighted by Gasteiger charge is 2.45. The highest BCUT2D eigenvalue weighted by molar-refractivity contribution is 7.89. The largest absolute Gasteiger partial charge is 0.449 e. The summed E-state index contributed by atoms with van der Waals surface area (Å²) in [5, 5.41) is 33.5. The average molecular weight is 1140 g/mol. The van der Waals surface area contributed by atoms with Crippen LogP contribution in [-0.4, -0.2) is 160 Å². The van der Waals surface area contributed by atoms with Crippen LogP contribution < -0.4 is 26.6 Å². The maximum atomic E-state index is 14.4. The first kappa shape index (κ1) is 60.6. The average Bonchev–Trinajstić information content (AvgIpc) is 4.44. The molecule has 0 unspecified atom stereocenters. The first-order chi connectivity index (χ1) is 39.2. The molecule has 4 fully saturated rings. The van der Waals surface area contributed by atoms with Gasteiger partial charge in [-0.15, -0.1) is 0 Å². The summed E-state index contributed by atoms with van der Waals surface area (Å²) in [5.41, 5.74) is 5.97. The molecule has 4 aromatic rings. The summed E-state index contributed by atoms with van der Waals surface area (Å²) in [4.78, 5) is 69.3. The topological polar surface area (TPSA) is 264 Å². The van der Waals surface area contributed by atoms with Gasteiger partial charge in [0.15, 0.2) is 6.29 Å². The van der Waals surface area contributed by atoms with Gasteiger partial charge in [-0.1, -0.05) is 105 Å². The Morgan fingerprint density at radius 3 is 2.17 bits per heavy atom. The molecule has 4 saturated heterocycles. The van der Waals surface area contributed by atoms with Crippen LogP contribution in [0.4, 0.5) is 9.59 Å². The lowest BCUT2D eigenvalue weighted by Gasteiger charge is -2.31. The number of unbranched alkanes of at least 4 members (excludes halogenated alkanes) is 1. The summed E-state index contributed by atoms with van der Waals surface area (Å²) >= 11 is 0. The number of likely N-dealkylation sites (tertiary alicyclic amines) is 1. The van der Waals surface area contributed by atoms with Gasteiger partial charge in [-0.05, 0) is 116 Å². The van der Waals surface area contributed by atoms with E-state index in [-0.39, 0.29) is 79.6 Å². The van der Waals surface area contributed by atoms with Gasteiger partial charge in [0.1, 0.15) is 24.8 Å². The molecule has 4 aliphatic heterocycles. The fourth-order valence-electron chi connectivity index (χ4n) is 11.5. The molecule has 4 heterocycles. The Balaban J connectivity index is 0.00000425. The summed E-state index contributed by atoms with van der Waals surface area (Å²) in [5.74, 6) is -1.26. The van der Waals surface area contributed by atoms with Crippen LogP contribution in [0.15, 0.2) is 108 Å². The van der Waals surface area contributed by atoms with Gasteiger partial charge in [0.05, 0.1) is 42.2 Å². The number of alkyl carbamates (subject to hydrolysis) is 2. The highest BCUT2D eigenvalue weighted by atomic mass is 32.2. The van der Waals surface area contributed by atoms with Crippen LogP contribution in [0.5, 0.6) is 0 Å². The molecule has 0 bridgehead atoms. The number of aliphatic hydroxyl groups excluding tert-OH is 2. The van der Waals surface area contributed by atoms with E-state index < -0.39 is 64.9 Å². The van der Waals surface area contributed by atoms with Crippen LogP contribution in [-0.2, 0) is 56.3 Å². The fourth-order valence-corrected chi connectivity index (χ4v) is 13.1. The second kappa shape index (κ2) is 29.0. The number of ether oxygens (including phenoxy) is 4. The molecule has 0 radical (unpaired) electrons. The van der Waals surface area contributed by atoms with Crippen molar-refractivity contribution >= 4 is 39.9 Å². The Kier molecular flexibility index (Phi) is 21.7. The number of fused-ring (bicyclic) bond motifs is 4. The van der Waals surface area contributed by atoms with E-state index >= 15 is 0 Å². The molecule has 9 rings (SSSR count). The minimum absolute atomic E-state index is 0.0153. The number of sulfonamides is 1. The second-order valence-electron chi connectivity index (χ2n) is 21.7. The van der Waals surface area contributed by atoms with Crippen molar-refractivity contribution in [3.8, 4) is 11.1 Å². The van der Waals surface area contributed by atoms with Crippen LogP contribution in [0.25, 0.3) is 11.1 Å². The first-order valence-corrected chi connectivity index (χ1v) is 29.8. The maximum absolute atomic E-state index is 14.4. The molecule has 81 heavy (non-hydrogen) atoms. The molecule has 438 valence electrons. The number of nitrogens with one attached hydrogen (secondary N) is 5. The molecule has 4 aromatic carbocycles. The molecule has 0 aromatic heterocycles. The lowest BCUT2D eigenvalue weighted by molar-refractivity contribution is -0.141. The van der Waals surface area contributed by atoms with Crippen molar-refractivity contribution in [3.05, 3.63) is 125 Å². The zero-order valence-corrected chi connectivity index (χ0v) is 47.3. The third-order valence-corrected chi connectivity index (χ3v) is 17.5. The number of rotatable bonds is 24. The molecule has 5 amide bonds. The van der Waals surface area contributed by atoms with Gasteiger partial charge in [0.2, 0.25) is 27.7 Å². The Bertz CT molecular complexity index is 2810. The molecule has 21 heteroatoms. The number of hydrogen-bond donors (Lipinski definition) is 7. The SMILES string of the molecule is CC(C)CN(C[C@@H](O)[C@H](Cc1ccccc1)NC(=O)O[C@H]1CO[C@H]2OCC[C@H]21)S(=O)(=O)c1ccc(CNC(=O)[C@@H]2CCCN2C(=O)[C@H](CCCCNC(=O)OCC2c3ccccc3-c3ccccc32)NC(=O)[C@@H]2CCCN2)cc1.CO. The predicted molar refractivity (Wildman–Crippen MR) is 302 cm³/mol. The third kappa shape index (κ3) is 15.6. The van der Waals surface area contributed by atoms with Crippen molar-refractivity contribution in [3.63, 3.8) is 0 Å². The maximum Gasteiger partial charge on any atom is 0.407 e. The van der Waals surface area contributed by atoms with Gasteiger partial charge < -0.3 is 60.6 Å². The van der Waals surface area contributed by atoms with Crippen molar-refractivity contribution < 1.29 is 61.6 Å². The molecule has 5 aliphatic rings. The van der Waals surface area contributed by atoms with Crippen LogP contribution >= 0.6 is 0 Å². The minimum Gasteiger partial charge on any atom is -0.449 e. The zero-order valence-electron chi connectivity index (χ0n) is 46.5. The van der Waals surface area contributed by atoms with Crippen molar-refractivity contribution in [1.29, 1.82) is 0 Å². The quantitative estimate of drug-likeness (QED) is 0.0458. The zero-order chi connectivity index (χ0) is 57.5. The van der Waals surface area contributed by atoms with E-state index in [0.29, 0.717) is 76.8 Å². The van der Waals surface area contributed by atoms with Crippen LogP contribution in [0.1, 0.15) is 93.4 Å². The molecule has 7 N–H and O–H groups in total. The van der Waals surface area contributed by atoms with Crippen LogP contribution in [0.2, 0.25) is 0 Å². The van der Waals surface area contributed by atoms with Crippen LogP contribution in [0, 0.1) is 11.8 Å². The van der Waals surface area contributed by atoms with E-state index in [1.165, 1.54) is 21.3 Å². The number of hydrogen-bond acceptors (Lipinski definition) is 14. The summed E-state index contributed by atoms with van der Waals surface area (Å²) in [7, 11) is -3.18. The highest BCUT2D eigenvalue weighted by Crippen LogP contribution is 2.44. The van der Waals surface area contributed by atoms with E-state index in [9.17, 15) is 37.5 Å². The van der Waals surface area contributed by atoms with Gasteiger partial charge in [-0.2, -0.15) is 4.31 Å². The van der Waals surface area contributed by atoms with Gasteiger partial charge in [-0.3, -0.25) is 14.4 Å². The fraction of sp³-hybridized carbons (Fsp3) is 0.517. The van der Waals surface area contributed by atoms with Gasteiger partial charge >= 0.3 is 12.2 Å². The number of carbonyl (C=O) groups excluding carboxylic acids is 5. The molecule has 1 aliphatic carbocycles. The Hall–Kier alpha value is -6.46. The van der Waals surface area contributed by atoms with E-state index in [1.807, 2.05) is 68.4 Å². The predicted octanol–water partition coefficient (Wildman–Crippen LogP) is 4.95. The summed E-state index contributed by atoms with van der Waals surface area (Å²) in [6, 6.07) is 28.7. The molecular formula is C60H79N7O13S. The summed E-state index contributed by atoms with van der Waals surface area (Å²) in [6.45, 7) is 5.82. The molecular weight excluding hydrogens is 1060 g/mol. The van der Waals surface area contributed by atoms with Gasteiger partial charge in [-0.25, -0.2) is 18.0 Å². The number of aliphatic hydroxyl groups is 2. The van der Waals surface area contributed by atoms with Crippen molar-refractivity contribution in [2.24, 2.45) is 11.8 Å². The summed E-state index contributed by atoms with van der Waals surface area (Å²) < 4.78 is 52.6. The monoisotopic (exact) mass is 1140 g/mol. The first-order valence-electron chi connectivity index (χ1n) is 28.4. The Morgan fingerprint density at radius 2 is 1.48 bits per heavy atom. The number of nitrogens with zero attached hydrogens (tertiary/aromatic N) is 2. The molecule has 0 spiro atoms. The standard InChI is InChI=1S/C59H75N7O12S.CH4O/c1-38(2)34-65(35-52(67)50(32-39-14-4-3-5-15-39)64-59(72)78-53-37-76-57-46(53)27-31-75-57)79(73,74)41-25-23-40(24-26-41)33-62-55(69)51-22-13-30-66(51)56(70)49(63-54(68)48-21-12-29-60-48)20-10-11-28-61-58(71)77-36-47-44-18-8-6-16-42(44)43-17-7-9-19-45(43)47;1-2/h3-9,14-19,23-26,38,46-53,57,60,67H,10-13,20-22,27-37H2,1-2H3,(H,61,71)(H,62,69)(H,63,68)(H,64,72);2H,1H3/t46-,48-,49-,50-,51-,52+,53-,57+;/m0./s1. The van der Waals surface area contributed by atoms with Crippen molar-refractivity contribution in [2.45, 2.75) is 132 Å². The minimum atomic E-state index is -4.18. The number of carbonyl (C=O) groups is 5. The lowest BCUT2D eigenvalue weighted by Crippen LogP contribution is -2.55. The van der Waals surface area contributed by atoms with Gasteiger partial charge in [0, 0.05) is 45.8 Å². The number of amides is 5. The van der Waals surface area contributed by atoms with E-state index in [1.54, 1.807) is 12.1 Å². The normalized spacial score (nSPS) is 21.2. The molecule has 20 nitrogen and oxygen atoms in total. The number of benzene rings is 4. The van der Waals surface area contributed by atoms with Crippen LogP contribution in [0.3, 0.4) is 0 Å². The van der Waals surface area contributed by atoms with E-state index in [2.05, 4.69) is 50.8 Å².